The zero-order valence-electron chi connectivity index (χ0n) is 12.5. The molecule has 0 aromatic heterocycles. The molecule has 0 spiro atoms. The van der Waals surface area contributed by atoms with Gasteiger partial charge in [0.2, 0.25) is 0 Å². The quantitative estimate of drug-likeness (QED) is 0.750. The van der Waals surface area contributed by atoms with E-state index in [1.807, 2.05) is 0 Å². The highest BCUT2D eigenvalue weighted by molar-refractivity contribution is 5.73. The van der Waals surface area contributed by atoms with E-state index in [2.05, 4.69) is 24.5 Å². The Balaban J connectivity index is 1.72. The third-order valence-electron chi connectivity index (χ3n) is 4.50. The van der Waals surface area contributed by atoms with Crippen molar-refractivity contribution in [1.29, 1.82) is 0 Å². The van der Waals surface area contributed by atoms with Gasteiger partial charge in [-0.15, -0.1) is 0 Å². The smallest absolute Gasteiger partial charge is 0.316 e. The molecule has 3 atom stereocenters. The summed E-state index contributed by atoms with van der Waals surface area (Å²) in [5.74, 6) is 0.647. The SMILES string of the molecule is CN(C)C(=O)NCCNC1C2CCCOC2C1(C)C. The Labute approximate surface area is 116 Å². The first kappa shape index (κ1) is 14.6. The van der Waals surface area contributed by atoms with Crippen LogP contribution in [0.3, 0.4) is 0 Å². The highest BCUT2D eigenvalue weighted by Gasteiger charge is 2.57. The molecule has 2 aliphatic rings. The van der Waals surface area contributed by atoms with Crippen molar-refractivity contribution in [3.63, 3.8) is 0 Å². The predicted octanol–water partition coefficient (Wildman–Crippen LogP) is 1.05. The first-order chi connectivity index (χ1) is 8.94. The minimum Gasteiger partial charge on any atom is -0.377 e. The van der Waals surface area contributed by atoms with Gasteiger partial charge >= 0.3 is 6.03 Å². The number of urea groups is 1. The maximum absolute atomic E-state index is 11.4. The molecular formula is C14H27N3O2. The van der Waals surface area contributed by atoms with Crippen LogP contribution < -0.4 is 10.6 Å². The molecule has 19 heavy (non-hydrogen) atoms. The first-order valence-electron chi connectivity index (χ1n) is 7.24. The number of fused-ring (bicyclic) bond motifs is 1. The first-order valence-corrected chi connectivity index (χ1v) is 7.24. The van der Waals surface area contributed by atoms with Gasteiger partial charge in [-0.1, -0.05) is 13.8 Å². The highest BCUT2D eigenvalue weighted by Crippen LogP contribution is 2.51. The van der Waals surface area contributed by atoms with Gasteiger partial charge in [-0.3, -0.25) is 0 Å². The lowest BCUT2D eigenvalue weighted by molar-refractivity contribution is -0.192. The van der Waals surface area contributed by atoms with Crippen molar-refractivity contribution < 1.29 is 9.53 Å². The number of carbonyl (C=O) groups is 1. The fraction of sp³-hybridized carbons (Fsp3) is 0.929. The van der Waals surface area contributed by atoms with Crippen LogP contribution >= 0.6 is 0 Å². The van der Waals surface area contributed by atoms with Gasteiger partial charge in [-0.25, -0.2) is 4.79 Å². The predicted molar refractivity (Wildman–Crippen MR) is 75.1 cm³/mol. The fourth-order valence-electron chi connectivity index (χ4n) is 3.49. The van der Waals surface area contributed by atoms with Gasteiger partial charge in [0.05, 0.1) is 6.10 Å². The minimum atomic E-state index is -0.0338. The molecule has 1 saturated carbocycles. The standard InChI is InChI=1S/C14H27N3O2/c1-14(2)11(10-6-5-9-19-12(10)14)15-7-8-16-13(18)17(3)4/h10-12,15H,5-9H2,1-4H3,(H,16,18). The van der Waals surface area contributed by atoms with Crippen molar-refractivity contribution >= 4 is 6.03 Å². The van der Waals surface area contributed by atoms with Gasteiger partial charge in [0.15, 0.2) is 0 Å². The molecular weight excluding hydrogens is 242 g/mol. The number of hydrogen-bond donors (Lipinski definition) is 2. The van der Waals surface area contributed by atoms with Crippen molar-refractivity contribution in [2.24, 2.45) is 11.3 Å². The zero-order valence-corrected chi connectivity index (χ0v) is 12.5. The van der Waals surface area contributed by atoms with E-state index in [-0.39, 0.29) is 11.4 Å². The van der Waals surface area contributed by atoms with Gasteiger partial charge in [-0.05, 0) is 12.8 Å². The molecule has 2 rings (SSSR count). The lowest BCUT2D eigenvalue weighted by Gasteiger charge is -2.60. The number of nitrogens with zero attached hydrogens (tertiary/aromatic N) is 1. The molecule has 0 bridgehead atoms. The number of ether oxygens (including phenoxy) is 1. The third-order valence-corrected chi connectivity index (χ3v) is 4.50. The average molecular weight is 269 g/mol. The zero-order chi connectivity index (χ0) is 14.0. The van der Waals surface area contributed by atoms with Crippen molar-refractivity contribution in [3.05, 3.63) is 0 Å². The number of nitrogens with one attached hydrogen (secondary N) is 2. The summed E-state index contributed by atoms with van der Waals surface area (Å²) in [5.41, 5.74) is 0.205. The average Bonchev–Trinajstić information content (AvgIpc) is 2.37. The van der Waals surface area contributed by atoms with E-state index in [0.717, 1.165) is 13.2 Å². The van der Waals surface area contributed by atoms with E-state index in [1.54, 1.807) is 19.0 Å². The Bertz CT molecular complexity index is 331. The molecule has 110 valence electrons. The Morgan fingerprint density at radius 2 is 2.11 bits per heavy atom. The van der Waals surface area contributed by atoms with E-state index in [0.29, 0.717) is 24.6 Å². The van der Waals surface area contributed by atoms with Crippen molar-refractivity contribution in [2.45, 2.75) is 38.8 Å². The maximum Gasteiger partial charge on any atom is 0.316 e. The molecule has 2 N–H and O–H groups in total. The van der Waals surface area contributed by atoms with Crippen LogP contribution in [0.25, 0.3) is 0 Å². The van der Waals surface area contributed by atoms with Crippen LogP contribution in [-0.4, -0.2) is 56.9 Å². The summed E-state index contributed by atoms with van der Waals surface area (Å²) in [4.78, 5) is 12.9. The van der Waals surface area contributed by atoms with Gasteiger partial charge in [0.25, 0.3) is 0 Å². The topological polar surface area (TPSA) is 53.6 Å². The Kier molecular flexibility index (Phi) is 4.36. The number of carbonyl (C=O) groups excluding carboxylic acids is 1. The summed E-state index contributed by atoms with van der Waals surface area (Å²) in [6.07, 6.45) is 2.85. The molecule has 2 fully saturated rings. The normalized spacial score (nSPS) is 32.1. The van der Waals surface area contributed by atoms with E-state index < -0.39 is 0 Å². The van der Waals surface area contributed by atoms with E-state index in [4.69, 9.17) is 4.74 Å². The van der Waals surface area contributed by atoms with Crippen LogP contribution in [-0.2, 0) is 4.74 Å². The third kappa shape index (κ3) is 2.87. The van der Waals surface area contributed by atoms with Gasteiger partial charge in [0.1, 0.15) is 0 Å². The molecule has 5 heteroatoms. The highest BCUT2D eigenvalue weighted by atomic mass is 16.5. The van der Waals surface area contributed by atoms with Crippen LogP contribution in [0.2, 0.25) is 0 Å². The molecule has 1 heterocycles. The summed E-state index contributed by atoms with van der Waals surface area (Å²) in [6, 6.07) is 0.475. The van der Waals surface area contributed by atoms with E-state index in [9.17, 15) is 4.79 Å². The van der Waals surface area contributed by atoms with E-state index in [1.165, 1.54) is 12.8 Å². The molecule has 0 aromatic carbocycles. The van der Waals surface area contributed by atoms with Crippen LogP contribution in [0.15, 0.2) is 0 Å². The lowest BCUT2D eigenvalue weighted by atomic mass is 9.55. The summed E-state index contributed by atoms with van der Waals surface area (Å²) in [6.45, 7) is 6.94. The molecule has 5 nitrogen and oxygen atoms in total. The van der Waals surface area contributed by atoms with Crippen molar-refractivity contribution in [3.8, 4) is 0 Å². The molecule has 0 radical (unpaired) electrons. The van der Waals surface area contributed by atoms with Gasteiger partial charge in [-0.2, -0.15) is 0 Å². The molecule has 0 aromatic rings. The second-order valence-corrected chi connectivity index (χ2v) is 6.48. The van der Waals surface area contributed by atoms with Crippen molar-refractivity contribution in [1.82, 2.24) is 15.5 Å². The minimum absolute atomic E-state index is 0.0338. The summed E-state index contributed by atoms with van der Waals surface area (Å²) < 4.78 is 5.88. The molecule has 1 saturated heterocycles. The molecule has 1 aliphatic heterocycles. The maximum atomic E-state index is 11.4. The van der Waals surface area contributed by atoms with Gasteiger partial charge in [0, 0.05) is 51.2 Å². The van der Waals surface area contributed by atoms with E-state index >= 15 is 0 Å². The monoisotopic (exact) mass is 269 g/mol. The van der Waals surface area contributed by atoms with Crippen molar-refractivity contribution in [2.75, 3.05) is 33.8 Å². The summed E-state index contributed by atoms with van der Waals surface area (Å²) in [5, 5.41) is 6.47. The Hall–Kier alpha value is -0.810. The number of rotatable bonds is 4. The number of amides is 2. The van der Waals surface area contributed by atoms with Gasteiger partial charge < -0.3 is 20.3 Å². The second-order valence-electron chi connectivity index (χ2n) is 6.48. The van der Waals surface area contributed by atoms with Crippen LogP contribution in [0, 0.1) is 11.3 Å². The second kappa shape index (κ2) is 5.67. The summed E-state index contributed by atoms with van der Waals surface area (Å²) in [7, 11) is 3.50. The fourth-order valence-corrected chi connectivity index (χ4v) is 3.49. The molecule has 2 amide bonds. The Morgan fingerprint density at radius 1 is 1.37 bits per heavy atom. The largest absolute Gasteiger partial charge is 0.377 e. The summed E-state index contributed by atoms with van der Waals surface area (Å²) >= 11 is 0. The molecule has 1 aliphatic carbocycles. The van der Waals surface area contributed by atoms with Crippen LogP contribution in [0.5, 0.6) is 0 Å². The number of hydrogen-bond acceptors (Lipinski definition) is 3. The lowest BCUT2D eigenvalue weighted by Crippen LogP contribution is -2.69. The Morgan fingerprint density at radius 3 is 2.79 bits per heavy atom. The van der Waals surface area contributed by atoms with Crippen LogP contribution in [0.4, 0.5) is 4.79 Å². The molecule has 3 unspecified atom stereocenters. The van der Waals surface area contributed by atoms with Crippen LogP contribution in [0.1, 0.15) is 26.7 Å².